The molecule has 0 aliphatic heterocycles. The minimum atomic E-state index is -0.311. The van der Waals surface area contributed by atoms with Gasteiger partial charge in [0.15, 0.2) is 16.6 Å². The van der Waals surface area contributed by atoms with Crippen molar-refractivity contribution in [2.75, 3.05) is 32.6 Å². The Morgan fingerprint density at radius 2 is 1.92 bits per heavy atom. The van der Waals surface area contributed by atoms with E-state index < -0.39 is 0 Å². The van der Waals surface area contributed by atoms with E-state index in [0.29, 0.717) is 36.0 Å². The van der Waals surface area contributed by atoms with Crippen LogP contribution in [0, 0.1) is 11.8 Å². The SMILES string of the molecule is COCCOc1nc(N)c2[nH]c(=O)n(Cc3ccc(CNC(=S)NCCCCCC4CC4C)cc3)c2n1. The van der Waals surface area contributed by atoms with Gasteiger partial charge < -0.3 is 30.8 Å². The summed E-state index contributed by atoms with van der Waals surface area (Å²) < 4.78 is 12.0. The number of ether oxygens (including phenoxy) is 2. The third-order valence-corrected chi connectivity index (χ3v) is 7.07. The van der Waals surface area contributed by atoms with E-state index in [9.17, 15) is 4.79 Å². The number of imidazole rings is 1. The van der Waals surface area contributed by atoms with E-state index in [-0.39, 0.29) is 24.1 Å². The van der Waals surface area contributed by atoms with Crippen molar-refractivity contribution >= 4 is 34.3 Å². The van der Waals surface area contributed by atoms with E-state index in [1.54, 1.807) is 7.11 Å². The summed E-state index contributed by atoms with van der Waals surface area (Å²) in [5, 5.41) is 7.23. The minimum absolute atomic E-state index is 0.105. The molecule has 200 valence electrons. The molecule has 1 aliphatic carbocycles. The number of nitrogens with zero attached hydrogens (tertiary/aromatic N) is 3. The average Bonchev–Trinajstić information content (AvgIpc) is 3.50. The van der Waals surface area contributed by atoms with Crippen LogP contribution in [-0.2, 0) is 17.8 Å². The number of hydrogen-bond donors (Lipinski definition) is 4. The molecule has 2 unspecified atom stereocenters. The van der Waals surface area contributed by atoms with Crippen LogP contribution in [0.3, 0.4) is 0 Å². The van der Waals surface area contributed by atoms with Crippen molar-refractivity contribution in [2.24, 2.45) is 11.8 Å². The molecule has 1 saturated carbocycles. The maximum atomic E-state index is 12.6. The lowest BCUT2D eigenvalue weighted by molar-refractivity contribution is 0.141. The summed E-state index contributed by atoms with van der Waals surface area (Å²) in [6.07, 6.45) is 6.51. The Morgan fingerprint density at radius 1 is 1.16 bits per heavy atom. The van der Waals surface area contributed by atoms with Gasteiger partial charge in [-0.05, 0) is 48.0 Å². The van der Waals surface area contributed by atoms with Gasteiger partial charge in [-0.3, -0.25) is 4.57 Å². The van der Waals surface area contributed by atoms with Crippen LogP contribution in [0.5, 0.6) is 6.01 Å². The standard InChI is InChI=1S/C26H37N7O3S/c1-17-14-20(17)6-4-3-5-11-28-25(37)29-15-18-7-9-19(10-8-18)16-33-23-21(30-26(33)34)22(27)31-24(32-23)36-13-12-35-2/h7-10,17,20H,3-6,11-16H2,1-2H3,(H,30,34)(H2,27,31,32)(H2,28,29,37). The van der Waals surface area contributed by atoms with E-state index >= 15 is 0 Å². The normalized spacial score (nSPS) is 16.6. The third kappa shape index (κ3) is 7.65. The fraction of sp³-hybridized carbons (Fsp3) is 0.538. The predicted octanol–water partition coefficient (Wildman–Crippen LogP) is 2.96. The van der Waals surface area contributed by atoms with Crippen molar-refractivity contribution < 1.29 is 9.47 Å². The lowest BCUT2D eigenvalue weighted by Crippen LogP contribution is -2.35. The zero-order valence-corrected chi connectivity index (χ0v) is 22.4. The first-order chi connectivity index (χ1) is 17.9. The minimum Gasteiger partial charge on any atom is -0.461 e. The van der Waals surface area contributed by atoms with Crippen LogP contribution in [-0.4, -0.2) is 51.5 Å². The zero-order chi connectivity index (χ0) is 26.2. The van der Waals surface area contributed by atoms with Crippen LogP contribution in [0.15, 0.2) is 29.1 Å². The highest BCUT2D eigenvalue weighted by atomic mass is 32.1. The number of fused-ring (bicyclic) bond motifs is 1. The number of nitrogens with two attached hydrogens (primary N) is 1. The Bertz CT molecular complexity index is 1240. The molecular weight excluding hydrogens is 490 g/mol. The number of rotatable bonds is 14. The highest BCUT2D eigenvalue weighted by molar-refractivity contribution is 7.80. The molecule has 2 aromatic heterocycles. The monoisotopic (exact) mass is 527 g/mol. The first kappa shape index (κ1) is 26.9. The molecule has 2 heterocycles. The molecule has 2 atom stereocenters. The Balaban J connectivity index is 1.25. The van der Waals surface area contributed by atoms with Gasteiger partial charge in [-0.15, -0.1) is 0 Å². The quantitative estimate of drug-likeness (QED) is 0.184. The maximum absolute atomic E-state index is 12.6. The summed E-state index contributed by atoms with van der Waals surface area (Å²) >= 11 is 5.41. The summed E-state index contributed by atoms with van der Waals surface area (Å²) in [6, 6.07) is 8.12. The third-order valence-electron chi connectivity index (χ3n) is 6.78. The number of aromatic nitrogens is 4. The van der Waals surface area contributed by atoms with Crippen LogP contribution in [0.1, 0.15) is 50.2 Å². The van der Waals surface area contributed by atoms with Gasteiger partial charge in [0.25, 0.3) is 0 Å². The number of nitrogens with one attached hydrogen (secondary N) is 3. The number of anilines is 1. The number of thiocarbonyl (C=S) groups is 1. The molecule has 0 amide bonds. The molecule has 0 saturated heterocycles. The Hall–Kier alpha value is -3.18. The largest absolute Gasteiger partial charge is 0.461 e. The summed E-state index contributed by atoms with van der Waals surface area (Å²) in [5.41, 5.74) is 8.54. The van der Waals surface area contributed by atoms with Crippen molar-refractivity contribution in [2.45, 2.75) is 52.1 Å². The van der Waals surface area contributed by atoms with Gasteiger partial charge in [0, 0.05) is 20.2 Å². The molecule has 5 N–H and O–H groups in total. The van der Waals surface area contributed by atoms with Crippen LogP contribution in [0.25, 0.3) is 11.2 Å². The molecule has 1 aromatic carbocycles. The molecule has 4 rings (SSSR count). The van der Waals surface area contributed by atoms with Gasteiger partial charge in [-0.2, -0.15) is 9.97 Å². The first-order valence-corrected chi connectivity index (χ1v) is 13.3. The molecule has 0 spiro atoms. The number of H-pyrrole nitrogens is 1. The van der Waals surface area contributed by atoms with E-state index in [0.717, 1.165) is 35.9 Å². The molecular formula is C26H37N7O3S. The van der Waals surface area contributed by atoms with Crippen LogP contribution >= 0.6 is 12.2 Å². The smallest absolute Gasteiger partial charge is 0.328 e. The van der Waals surface area contributed by atoms with Gasteiger partial charge in [-0.25, -0.2) is 4.79 Å². The van der Waals surface area contributed by atoms with Gasteiger partial charge >= 0.3 is 11.7 Å². The molecule has 37 heavy (non-hydrogen) atoms. The summed E-state index contributed by atoms with van der Waals surface area (Å²) in [5.74, 6) is 2.10. The second-order valence-electron chi connectivity index (χ2n) is 9.70. The van der Waals surface area contributed by atoms with E-state index in [4.69, 9.17) is 27.4 Å². The highest BCUT2D eigenvalue weighted by Crippen LogP contribution is 2.41. The molecule has 10 nitrogen and oxygen atoms in total. The number of benzene rings is 1. The molecule has 0 radical (unpaired) electrons. The predicted molar refractivity (Wildman–Crippen MR) is 149 cm³/mol. The van der Waals surface area contributed by atoms with Gasteiger partial charge in [0.2, 0.25) is 0 Å². The van der Waals surface area contributed by atoms with Gasteiger partial charge in [-0.1, -0.05) is 50.5 Å². The van der Waals surface area contributed by atoms with Crippen molar-refractivity contribution in [3.63, 3.8) is 0 Å². The van der Waals surface area contributed by atoms with Crippen LogP contribution in [0.2, 0.25) is 0 Å². The fourth-order valence-corrected chi connectivity index (χ4v) is 4.53. The van der Waals surface area contributed by atoms with Crippen molar-refractivity contribution in [1.29, 1.82) is 0 Å². The molecule has 1 fully saturated rings. The van der Waals surface area contributed by atoms with E-state index in [1.165, 1.54) is 30.3 Å². The van der Waals surface area contributed by atoms with Gasteiger partial charge in [0.05, 0.1) is 13.2 Å². The van der Waals surface area contributed by atoms with Crippen molar-refractivity contribution in [3.8, 4) is 6.01 Å². The second kappa shape index (κ2) is 12.9. The first-order valence-electron chi connectivity index (χ1n) is 12.9. The number of aromatic amines is 1. The Morgan fingerprint density at radius 3 is 2.65 bits per heavy atom. The van der Waals surface area contributed by atoms with Gasteiger partial charge in [0.1, 0.15) is 12.1 Å². The summed E-state index contributed by atoms with van der Waals surface area (Å²) in [7, 11) is 1.58. The lowest BCUT2D eigenvalue weighted by Gasteiger charge is -2.11. The van der Waals surface area contributed by atoms with Crippen LogP contribution < -0.4 is 26.8 Å². The number of unbranched alkanes of at least 4 members (excludes halogenated alkanes) is 2. The summed E-state index contributed by atoms with van der Waals surface area (Å²) in [4.78, 5) is 23.8. The maximum Gasteiger partial charge on any atom is 0.328 e. The second-order valence-corrected chi connectivity index (χ2v) is 10.1. The lowest BCUT2D eigenvalue weighted by atomic mass is 10.1. The highest BCUT2D eigenvalue weighted by Gasteiger charge is 2.31. The molecule has 11 heteroatoms. The van der Waals surface area contributed by atoms with E-state index in [2.05, 4.69) is 32.5 Å². The topological polar surface area (TPSA) is 132 Å². The number of nitrogen functional groups attached to an aromatic ring is 1. The van der Waals surface area contributed by atoms with Crippen molar-refractivity contribution in [1.82, 2.24) is 30.2 Å². The van der Waals surface area contributed by atoms with Crippen LogP contribution in [0.4, 0.5) is 5.82 Å². The molecule has 1 aliphatic rings. The van der Waals surface area contributed by atoms with E-state index in [1.807, 2.05) is 24.3 Å². The Kier molecular flexibility index (Phi) is 9.34. The summed E-state index contributed by atoms with van der Waals surface area (Å²) in [6.45, 7) is 4.88. The van der Waals surface area contributed by atoms with Crippen molar-refractivity contribution in [3.05, 3.63) is 45.9 Å². The number of methoxy groups -OCH3 is 1. The number of hydrogen-bond acceptors (Lipinski definition) is 7. The fourth-order valence-electron chi connectivity index (χ4n) is 4.36. The molecule has 0 bridgehead atoms. The molecule has 3 aromatic rings. The average molecular weight is 528 g/mol. The Labute approximate surface area is 222 Å². The zero-order valence-electron chi connectivity index (χ0n) is 21.6.